The van der Waals surface area contributed by atoms with Crippen LogP contribution in [0.2, 0.25) is 0 Å². The second-order valence-electron chi connectivity index (χ2n) is 5.16. The Bertz CT molecular complexity index is 514. The average molecular weight is 289 g/mol. The summed E-state index contributed by atoms with van der Waals surface area (Å²) in [7, 11) is 0. The molecule has 1 aromatic rings. The van der Waals surface area contributed by atoms with Crippen LogP contribution in [0.3, 0.4) is 0 Å². The molecule has 21 heavy (non-hydrogen) atoms. The Labute approximate surface area is 123 Å². The van der Waals surface area contributed by atoms with Gasteiger partial charge in [0, 0.05) is 6.54 Å². The number of aliphatic carboxylic acids is 1. The number of carboxylic acid groups (broad SMARTS) is 1. The van der Waals surface area contributed by atoms with E-state index in [4.69, 9.17) is 4.74 Å². The lowest BCUT2D eigenvalue weighted by Crippen LogP contribution is -2.40. The number of carboxylic acids is 1. The number of nitrogens with zero attached hydrogens (tertiary/aromatic N) is 1. The van der Waals surface area contributed by atoms with E-state index in [1.54, 1.807) is 0 Å². The standard InChI is InChI=1S/C16H19NO4/c1-2-8-21-16(20)17-11-13(10-14(17)15(18)19)9-12-6-4-3-5-7-12/h2-7,13-14H,1,8-11H2,(H,18,19)/t13-,14-/m0/s1. The highest BCUT2D eigenvalue weighted by atomic mass is 16.6. The molecule has 0 saturated carbocycles. The van der Waals surface area contributed by atoms with Crippen molar-refractivity contribution in [1.29, 1.82) is 0 Å². The highest BCUT2D eigenvalue weighted by molar-refractivity contribution is 5.80. The maximum Gasteiger partial charge on any atom is 0.410 e. The van der Waals surface area contributed by atoms with Gasteiger partial charge < -0.3 is 9.84 Å². The van der Waals surface area contributed by atoms with Crippen LogP contribution in [0.15, 0.2) is 43.0 Å². The summed E-state index contributed by atoms with van der Waals surface area (Å²) < 4.78 is 4.96. The molecule has 2 rings (SSSR count). The van der Waals surface area contributed by atoms with Gasteiger partial charge in [0.05, 0.1) is 0 Å². The molecule has 5 heteroatoms. The zero-order valence-corrected chi connectivity index (χ0v) is 11.8. The first-order valence-electron chi connectivity index (χ1n) is 6.93. The second kappa shape index (κ2) is 6.92. The molecule has 1 aliphatic heterocycles. The third-order valence-corrected chi connectivity index (χ3v) is 3.60. The molecule has 1 amide bonds. The lowest BCUT2D eigenvalue weighted by molar-refractivity contribution is -0.141. The molecular formula is C16H19NO4. The first kappa shape index (κ1) is 15.1. The SMILES string of the molecule is C=CCOC(=O)N1C[C@@H](Cc2ccccc2)C[C@H]1C(=O)O. The van der Waals surface area contributed by atoms with E-state index >= 15 is 0 Å². The smallest absolute Gasteiger partial charge is 0.410 e. The first-order valence-corrected chi connectivity index (χ1v) is 6.93. The lowest BCUT2D eigenvalue weighted by atomic mass is 9.97. The van der Waals surface area contributed by atoms with Gasteiger partial charge in [0.15, 0.2) is 0 Å². The van der Waals surface area contributed by atoms with Crippen LogP contribution in [0.4, 0.5) is 4.79 Å². The Balaban J connectivity index is 2.02. The lowest BCUT2D eigenvalue weighted by Gasteiger charge is -2.20. The Morgan fingerprint density at radius 2 is 2.10 bits per heavy atom. The molecule has 1 aliphatic rings. The zero-order valence-electron chi connectivity index (χ0n) is 11.8. The fourth-order valence-electron chi connectivity index (χ4n) is 2.67. The first-order chi connectivity index (χ1) is 10.1. The van der Waals surface area contributed by atoms with Gasteiger partial charge in [-0.25, -0.2) is 9.59 Å². The summed E-state index contributed by atoms with van der Waals surface area (Å²) in [4.78, 5) is 24.5. The van der Waals surface area contributed by atoms with Gasteiger partial charge in [-0.15, -0.1) is 0 Å². The minimum absolute atomic E-state index is 0.0883. The van der Waals surface area contributed by atoms with Crippen LogP contribution in [-0.4, -0.2) is 41.3 Å². The fraction of sp³-hybridized carbons (Fsp3) is 0.375. The van der Waals surface area contributed by atoms with Gasteiger partial charge in [-0.3, -0.25) is 4.90 Å². The van der Waals surface area contributed by atoms with Crippen LogP contribution in [0.25, 0.3) is 0 Å². The van der Waals surface area contributed by atoms with E-state index in [2.05, 4.69) is 6.58 Å². The number of hydrogen-bond acceptors (Lipinski definition) is 3. The Morgan fingerprint density at radius 3 is 2.71 bits per heavy atom. The van der Waals surface area contributed by atoms with Crippen molar-refractivity contribution >= 4 is 12.1 Å². The van der Waals surface area contributed by atoms with E-state index in [1.807, 2.05) is 30.3 Å². The number of rotatable bonds is 5. The minimum atomic E-state index is -0.985. The molecule has 1 fully saturated rings. The molecule has 112 valence electrons. The fourth-order valence-corrected chi connectivity index (χ4v) is 2.67. The normalized spacial score (nSPS) is 21.0. The molecule has 0 bridgehead atoms. The summed E-state index contributed by atoms with van der Waals surface area (Å²) in [6.45, 7) is 3.97. The maximum absolute atomic E-state index is 11.9. The van der Waals surface area contributed by atoms with Gasteiger partial charge in [0.25, 0.3) is 0 Å². The molecule has 1 heterocycles. The van der Waals surface area contributed by atoms with Crippen LogP contribution in [0.1, 0.15) is 12.0 Å². The van der Waals surface area contributed by atoms with Crippen molar-refractivity contribution in [3.05, 3.63) is 48.6 Å². The summed E-state index contributed by atoms with van der Waals surface area (Å²) in [5.74, 6) is -0.856. The van der Waals surface area contributed by atoms with Crippen molar-refractivity contribution in [2.24, 2.45) is 5.92 Å². The molecule has 0 spiro atoms. The maximum atomic E-state index is 11.9. The van der Waals surface area contributed by atoms with Gasteiger partial charge in [0.2, 0.25) is 0 Å². The Kier molecular flexibility index (Phi) is 4.98. The highest BCUT2D eigenvalue weighted by Gasteiger charge is 2.40. The van der Waals surface area contributed by atoms with Crippen LogP contribution < -0.4 is 0 Å². The summed E-state index contributed by atoms with van der Waals surface area (Å²) >= 11 is 0. The van der Waals surface area contributed by atoms with Crippen LogP contribution in [-0.2, 0) is 16.0 Å². The predicted octanol–water partition coefficient (Wildman–Crippen LogP) is 2.33. The van der Waals surface area contributed by atoms with Gasteiger partial charge in [-0.1, -0.05) is 43.0 Å². The van der Waals surface area contributed by atoms with Crippen LogP contribution >= 0.6 is 0 Å². The van der Waals surface area contributed by atoms with Crippen molar-refractivity contribution in [3.63, 3.8) is 0 Å². The Morgan fingerprint density at radius 1 is 1.38 bits per heavy atom. The zero-order chi connectivity index (χ0) is 15.2. The van der Waals surface area contributed by atoms with Crippen LogP contribution in [0.5, 0.6) is 0 Å². The molecule has 0 unspecified atom stereocenters. The molecular weight excluding hydrogens is 270 g/mol. The molecule has 0 aromatic heterocycles. The number of carbonyl (C=O) groups is 2. The predicted molar refractivity (Wildman–Crippen MR) is 77.9 cm³/mol. The average Bonchev–Trinajstić information content (AvgIpc) is 2.90. The van der Waals surface area contributed by atoms with Gasteiger partial charge in [-0.05, 0) is 24.3 Å². The van der Waals surface area contributed by atoms with Crippen molar-refractivity contribution in [1.82, 2.24) is 4.90 Å². The van der Waals surface area contributed by atoms with Gasteiger partial charge in [0.1, 0.15) is 12.6 Å². The summed E-state index contributed by atoms with van der Waals surface area (Å²) in [5.41, 5.74) is 1.15. The number of hydrogen-bond donors (Lipinski definition) is 1. The van der Waals surface area contributed by atoms with Gasteiger partial charge >= 0.3 is 12.1 Å². The number of ether oxygens (including phenoxy) is 1. The molecule has 1 aromatic carbocycles. The minimum Gasteiger partial charge on any atom is -0.480 e. The molecule has 0 aliphatic carbocycles. The largest absolute Gasteiger partial charge is 0.480 e. The monoisotopic (exact) mass is 289 g/mol. The number of carbonyl (C=O) groups excluding carboxylic acids is 1. The summed E-state index contributed by atoms with van der Waals surface area (Å²) in [5, 5.41) is 9.27. The molecule has 1 N–H and O–H groups in total. The van der Waals surface area contributed by atoms with E-state index in [-0.39, 0.29) is 12.5 Å². The second-order valence-corrected chi connectivity index (χ2v) is 5.16. The molecule has 2 atom stereocenters. The Hall–Kier alpha value is -2.30. The van der Waals surface area contributed by atoms with Gasteiger partial charge in [-0.2, -0.15) is 0 Å². The number of amides is 1. The van der Waals surface area contributed by atoms with Crippen LogP contribution in [0, 0.1) is 5.92 Å². The molecule has 0 radical (unpaired) electrons. The van der Waals surface area contributed by atoms with Crippen molar-refractivity contribution in [2.45, 2.75) is 18.9 Å². The van der Waals surface area contributed by atoms with E-state index in [9.17, 15) is 14.7 Å². The van der Waals surface area contributed by atoms with Crippen molar-refractivity contribution in [2.75, 3.05) is 13.2 Å². The number of likely N-dealkylation sites (tertiary alicyclic amines) is 1. The van der Waals surface area contributed by atoms with Crippen molar-refractivity contribution in [3.8, 4) is 0 Å². The third-order valence-electron chi connectivity index (χ3n) is 3.60. The van der Waals surface area contributed by atoms with E-state index in [1.165, 1.54) is 11.0 Å². The quantitative estimate of drug-likeness (QED) is 0.845. The summed E-state index contributed by atoms with van der Waals surface area (Å²) in [6.07, 6.45) is 2.09. The highest BCUT2D eigenvalue weighted by Crippen LogP contribution is 2.27. The van der Waals surface area contributed by atoms with Crippen molar-refractivity contribution < 1.29 is 19.4 Å². The molecule has 5 nitrogen and oxygen atoms in total. The third kappa shape index (κ3) is 3.84. The van der Waals surface area contributed by atoms with E-state index < -0.39 is 18.1 Å². The van der Waals surface area contributed by atoms with E-state index in [0.717, 1.165) is 12.0 Å². The number of benzene rings is 1. The van der Waals surface area contributed by atoms with E-state index in [0.29, 0.717) is 13.0 Å². The topological polar surface area (TPSA) is 66.8 Å². The molecule has 1 saturated heterocycles. The summed E-state index contributed by atoms with van der Waals surface area (Å²) in [6, 6.07) is 9.06.